The predicted molar refractivity (Wildman–Crippen MR) is 225 cm³/mol. The third-order valence-corrected chi connectivity index (χ3v) is 9.70. The van der Waals surface area contributed by atoms with Crippen LogP contribution in [0.15, 0.2) is 60.8 Å². The van der Waals surface area contributed by atoms with Crippen molar-refractivity contribution in [3.05, 3.63) is 60.8 Å². The van der Waals surface area contributed by atoms with Crippen LogP contribution in [0.5, 0.6) is 0 Å². The number of aliphatic hydroxyl groups excluding tert-OH is 3. The Bertz CT molecular complexity index is 1130. The van der Waals surface area contributed by atoms with Crippen molar-refractivity contribution in [2.45, 2.75) is 180 Å². The van der Waals surface area contributed by atoms with Gasteiger partial charge in [0.25, 0.3) is 0 Å². The second-order valence-electron chi connectivity index (χ2n) is 14.2. The minimum absolute atomic E-state index is 0.142. The van der Waals surface area contributed by atoms with Gasteiger partial charge in [-0.1, -0.05) is 145 Å². The van der Waals surface area contributed by atoms with Crippen molar-refractivity contribution in [1.29, 1.82) is 0 Å². The molecule has 11 nitrogen and oxygen atoms in total. The fourth-order valence-electron chi connectivity index (χ4n) is 5.38. The van der Waals surface area contributed by atoms with Gasteiger partial charge in [-0.15, -0.1) is 0 Å². The number of aliphatic hydroxyl groups is 3. The number of phosphoric acid groups is 1. The molecule has 4 N–H and O–H groups in total. The van der Waals surface area contributed by atoms with Gasteiger partial charge in [0.2, 0.25) is 0 Å². The standard InChI is InChI=1S/C44H77O11P/c1-3-5-7-8-9-10-11-12-13-14-17-21-24-27-31-35-44(49)55-42(39-54-56(50,51)53-37-41(47)36-45)38-52-43(48)34-30-26-23-20-18-15-16-19-22-25-29-33-40(46)32-28-6-4-2/h12-13,15-16,20,22-23,25,29,33,40-42,45-47H,3-11,14,17-19,21,24,26-28,30-32,34-39H2,1-2H3,(H,50,51)/b13-12-,16-15-,23-20-,25-22-,33-29+/t40-,41+,42-/m1/s1. The highest BCUT2D eigenvalue weighted by atomic mass is 31.2. The SMILES string of the molecule is CCCCCCCC/C=C\CCCCCCCC(=O)O[C@H](COC(=O)CCC/C=C\C/C=C\C/C=C\C=C\[C@H](O)CCCCC)COP(=O)(O)OC[C@@H](O)CO. The van der Waals surface area contributed by atoms with Crippen molar-refractivity contribution < 1.29 is 52.9 Å². The fourth-order valence-corrected chi connectivity index (χ4v) is 6.17. The Morgan fingerprint density at radius 2 is 1.14 bits per heavy atom. The molecule has 0 spiro atoms. The monoisotopic (exact) mass is 813 g/mol. The first-order valence-electron chi connectivity index (χ1n) is 21.4. The van der Waals surface area contributed by atoms with E-state index in [0.717, 1.165) is 77.0 Å². The van der Waals surface area contributed by atoms with E-state index in [2.05, 4.69) is 42.7 Å². The number of carbonyl (C=O) groups is 2. The average molecular weight is 813 g/mol. The minimum atomic E-state index is -4.64. The first-order chi connectivity index (χ1) is 27.1. The molecule has 0 fully saturated rings. The normalized spacial score (nSPS) is 15.0. The van der Waals surface area contributed by atoms with E-state index in [4.69, 9.17) is 19.1 Å². The van der Waals surface area contributed by atoms with E-state index >= 15 is 0 Å². The van der Waals surface area contributed by atoms with Crippen molar-refractivity contribution in [3.8, 4) is 0 Å². The zero-order valence-electron chi connectivity index (χ0n) is 34.7. The molecule has 0 amide bonds. The van der Waals surface area contributed by atoms with Gasteiger partial charge < -0.3 is 29.7 Å². The van der Waals surface area contributed by atoms with E-state index < -0.39 is 51.8 Å². The van der Waals surface area contributed by atoms with Crippen molar-refractivity contribution in [2.24, 2.45) is 0 Å². The highest BCUT2D eigenvalue weighted by Gasteiger charge is 2.27. The third-order valence-electron chi connectivity index (χ3n) is 8.75. The molecule has 0 heterocycles. The van der Waals surface area contributed by atoms with Crippen molar-refractivity contribution >= 4 is 19.8 Å². The van der Waals surface area contributed by atoms with Gasteiger partial charge in [-0.2, -0.15) is 0 Å². The topological polar surface area (TPSA) is 169 Å². The summed E-state index contributed by atoms with van der Waals surface area (Å²) in [4.78, 5) is 34.9. The van der Waals surface area contributed by atoms with E-state index in [1.165, 1.54) is 38.5 Å². The number of ether oxygens (including phenoxy) is 2. The van der Waals surface area contributed by atoms with Crippen molar-refractivity contribution in [3.63, 3.8) is 0 Å². The molecule has 0 aromatic rings. The van der Waals surface area contributed by atoms with E-state index in [1.807, 2.05) is 36.5 Å². The van der Waals surface area contributed by atoms with Crippen LogP contribution in [-0.4, -0.2) is 76.9 Å². The second-order valence-corrected chi connectivity index (χ2v) is 15.7. The van der Waals surface area contributed by atoms with Crippen LogP contribution in [0.1, 0.15) is 162 Å². The number of phosphoric ester groups is 1. The lowest BCUT2D eigenvalue weighted by molar-refractivity contribution is -0.161. The summed E-state index contributed by atoms with van der Waals surface area (Å²) in [6.45, 7) is 2.15. The summed E-state index contributed by atoms with van der Waals surface area (Å²) in [6.07, 6.45) is 39.4. The Hall–Kier alpha value is -2.37. The van der Waals surface area contributed by atoms with Crippen LogP contribution in [0.25, 0.3) is 0 Å². The Morgan fingerprint density at radius 3 is 1.82 bits per heavy atom. The van der Waals surface area contributed by atoms with E-state index in [-0.39, 0.29) is 25.6 Å². The van der Waals surface area contributed by atoms with Gasteiger partial charge in [-0.05, 0) is 64.2 Å². The maximum atomic E-state index is 12.6. The summed E-state index contributed by atoms with van der Waals surface area (Å²) in [5.41, 5.74) is 0. The van der Waals surface area contributed by atoms with Gasteiger partial charge in [-0.3, -0.25) is 18.6 Å². The molecule has 324 valence electrons. The Kier molecular flexibility index (Phi) is 37.8. The highest BCUT2D eigenvalue weighted by Crippen LogP contribution is 2.43. The zero-order valence-corrected chi connectivity index (χ0v) is 35.6. The smallest absolute Gasteiger partial charge is 0.462 e. The number of hydrogen-bond acceptors (Lipinski definition) is 10. The first kappa shape index (κ1) is 53.6. The van der Waals surface area contributed by atoms with E-state index in [9.17, 15) is 29.3 Å². The third kappa shape index (κ3) is 38.5. The van der Waals surface area contributed by atoms with Crippen LogP contribution < -0.4 is 0 Å². The molecule has 0 radical (unpaired) electrons. The largest absolute Gasteiger partial charge is 0.472 e. The lowest BCUT2D eigenvalue weighted by atomic mass is 10.1. The molecule has 0 aliphatic carbocycles. The second kappa shape index (κ2) is 39.5. The Balaban J connectivity index is 4.46. The van der Waals surface area contributed by atoms with Gasteiger partial charge in [0.1, 0.15) is 12.7 Å². The quantitative estimate of drug-likeness (QED) is 0.0153. The van der Waals surface area contributed by atoms with Crippen LogP contribution in [0.3, 0.4) is 0 Å². The minimum Gasteiger partial charge on any atom is -0.462 e. The summed E-state index contributed by atoms with van der Waals surface area (Å²) < 4.78 is 32.6. The molecule has 0 aromatic carbocycles. The molecule has 0 saturated heterocycles. The molecule has 4 atom stereocenters. The molecule has 56 heavy (non-hydrogen) atoms. The summed E-state index contributed by atoms with van der Waals surface area (Å²) in [5.74, 6) is -1.03. The van der Waals surface area contributed by atoms with Gasteiger partial charge in [-0.25, -0.2) is 4.57 Å². The number of rotatable bonds is 39. The van der Waals surface area contributed by atoms with Crippen LogP contribution in [0.2, 0.25) is 0 Å². The molecule has 0 saturated carbocycles. The molecule has 1 unspecified atom stereocenters. The van der Waals surface area contributed by atoms with Gasteiger partial charge >= 0.3 is 19.8 Å². The summed E-state index contributed by atoms with van der Waals surface area (Å²) >= 11 is 0. The maximum absolute atomic E-state index is 12.6. The van der Waals surface area contributed by atoms with Crippen molar-refractivity contribution in [2.75, 3.05) is 26.4 Å². The maximum Gasteiger partial charge on any atom is 0.472 e. The number of carbonyl (C=O) groups excluding carboxylic acids is 2. The molecule has 0 aliphatic heterocycles. The highest BCUT2D eigenvalue weighted by molar-refractivity contribution is 7.47. The first-order valence-corrected chi connectivity index (χ1v) is 22.8. The summed E-state index contributed by atoms with van der Waals surface area (Å²) in [6, 6.07) is 0. The zero-order chi connectivity index (χ0) is 41.4. The van der Waals surface area contributed by atoms with Crippen LogP contribution in [0.4, 0.5) is 0 Å². The molecule has 0 aromatic heterocycles. The Morgan fingerprint density at radius 1 is 0.607 bits per heavy atom. The predicted octanol–water partition coefficient (Wildman–Crippen LogP) is 10.1. The number of hydrogen-bond donors (Lipinski definition) is 4. The van der Waals surface area contributed by atoms with Gasteiger partial charge in [0.05, 0.1) is 25.9 Å². The average Bonchev–Trinajstić information content (AvgIpc) is 3.18. The lowest BCUT2D eigenvalue weighted by Crippen LogP contribution is -2.29. The fraction of sp³-hybridized carbons (Fsp3) is 0.727. The molecule has 0 aliphatic rings. The summed E-state index contributed by atoms with van der Waals surface area (Å²) in [5, 5.41) is 28.2. The van der Waals surface area contributed by atoms with Crippen LogP contribution in [0, 0.1) is 0 Å². The van der Waals surface area contributed by atoms with Crippen molar-refractivity contribution in [1.82, 2.24) is 0 Å². The van der Waals surface area contributed by atoms with Crippen LogP contribution >= 0.6 is 7.82 Å². The number of esters is 2. The van der Waals surface area contributed by atoms with Gasteiger partial charge in [0, 0.05) is 12.8 Å². The van der Waals surface area contributed by atoms with Crippen LogP contribution in [-0.2, 0) is 32.7 Å². The Labute approximate surface area is 338 Å². The summed E-state index contributed by atoms with van der Waals surface area (Å²) in [7, 11) is -4.64. The van der Waals surface area contributed by atoms with E-state index in [1.54, 1.807) is 0 Å². The van der Waals surface area contributed by atoms with E-state index in [0.29, 0.717) is 19.3 Å². The molecule has 0 rings (SSSR count). The molecule has 0 bridgehead atoms. The molecule has 12 heteroatoms. The molecular weight excluding hydrogens is 735 g/mol. The number of unbranched alkanes of at least 4 members (excludes halogenated alkanes) is 14. The lowest BCUT2D eigenvalue weighted by Gasteiger charge is -2.20. The van der Waals surface area contributed by atoms with Gasteiger partial charge in [0.15, 0.2) is 6.10 Å². The molecular formula is C44H77O11P. The number of allylic oxidation sites excluding steroid dienone is 9.